The molecule has 2 aromatic heterocycles. The number of nitrogens with zero attached hydrogens (tertiary/aromatic N) is 2. The van der Waals surface area contributed by atoms with Crippen molar-refractivity contribution in [3.05, 3.63) is 46.9 Å². The zero-order valence-electron chi connectivity index (χ0n) is 17.0. The fourth-order valence-electron chi connectivity index (χ4n) is 4.69. The van der Waals surface area contributed by atoms with Gasteiger partial charge in [-0.2, -0.15) is 0 Å². The van der Waals surface area contributed by atoms with Crippen molar-refractivity contribution in [3.8, 4) is 0 Å². The molecule has 152 valence electrons. The van der Waals surface area contributed by atoms with Gasteiger partial charge in [-0.15, -0.1) is 11.3 Å². The van der Waals surface area contributed by atoms with Crippen LogP contribution in [0.3, 0.4) is 0 Å². The molecule has 1 saturated heterocycles. The molecule has 3 aromatic rings. The van der Waals surface area contributed by atoms with Crippen molar-refractivity contribution in [3.63, 3.8) is 0 Å². The molecule has 1 aliphatic heterocycles. The number of furan rings is 1. The van der Waals surface area contributed by atoms with Gasteiger partial charge in [0, 0.05) is 18.0 Å². The number of carbonyl (C=O) groups excluding carboxylic acids is 1. The normalized spacial score (nSPS) is 21.0. The smallest absolute Gasteiger partial charge is 0.228 e. The van der Waals surface area contributed by atoms with Crippen molar-refractivity contribution in [2.45, 2.75) is 46.1 Å². The summed E-state index contributed by atoms with van der Waals surface area (Å²) >= 11 is 1.68. The molecule has 0 unspecified atom stereocenters. The fourth-order valence-corrected chi connectivity index (χ4v) is 5.50. The molecule has 1 atom stereocenters. The van der Waals surface area contributed by atoms with Crippen LogP contribution in [-0.4, -0.2) is 28.9 Å². The Morgan fingerprint density at radius 1 is 1.28 bits per heavy atom. The number of aromatic nitrogens is 1. The van der Waals surface area contributed by atoms with E-state index in [1.807, 2.05) is 19.1 Å². The van der Waals surface area contributed by atoms with E-state index in [0.717, 1.165) is 73.0 Å². The topological polar surface area (TPSA) is 58.4 Å². The second kappa shape index (κ2) is 7.26. The number of carbonyl (C=O) groups is 1. The van der Waals surface area contributed by atoms with E-state index in [1.165, 1.54) is 4.70 Å². The van der Waals surface area contributed by atoms with Gasteiger partial charge in [0.25, 0.3) is 0 Å². The Hall–Kier alpha value is -2.18. The summed E-state index contributed by atoms with van der Waals surface area (Å²) in [4.78, 5) is 19.8. The second-order valence-corrected chi connectivity index (χ2v) is 9.76. The number of hydrogen-bond donors (Lipinski definition) is 1. The summed E-state index contributed by atoms with van der Waals surface area (Å²) in [6.07, 6.45) is 4.15. The van der Waals surface area contributed by atoms with E-state index >= 15 is 0 Å². The number of aryl methyl sites for hydroxylation is 2. The number of benzene rings is 1. The lowest BCUT2D eigenvalue weighted by Crippen LogP contribution is -2.35. The second-order valence-electron chi connectivity index (χ2n) is 8.52. The molecular formula is C23H27N3O2S. The zero-order valence-corrected chi connectivity index (χ0v) is 17.8. The number of nitrogens with one attached hydrogen (secondary N) is 1. The van der Waals surface area contributed by atoms with E-state index in [-0.39, 0.29) is 17.2 Å². The van der Waals surface area contributed by atoms with Crippen molar-refractivity contribution < 1.29 is 9.21 Å². The SMILES string of the molecule is CCc1ccc(CN2CCC3(CC2)C[C@H]3C(=O)Nc2ccc3sc(C)nc3c2)o1. The minimum atomic E-state index is 0.146. The number of thiazole rings is 1. The average molecular weight is 410 g/mol. The van der Waals surface area contributed by atoms with Crippen molar-refractivity contribution >= 4 is 33.1 Å². The molecule has 1 aromatic carbocycles. The zero-order chi connectivity index (χ0) is 20.0. The van der Waals surface area contributed by atoms with Gasteiger partial charge >= 0.3 is 0 Å². The molecule has 2 aliphatic rings. The first-order valence-corrected chi connectivity index (χ1v) is 11.3. The summed E-state index contributed by atoms with van der Waals surface area (Å²) < 4.78 is 7.02. The van der Waals surface area contributed by atoms with Crippen LogP contribution in [0.1, 0.15) is 42.7 Å². The Balaban J connectivity index is 1.16. The van der Waals surface area contributed by atoms with E-state index in [1.54, 1.807) is 11.3 Å². The molecule has 1 amide bonds. The molecule has 0 bridgehead atoms. The van der Waals surface area contributed by atoms with E-state index in [4.69, 9.17) is 4.42 Å². The van der Waals surface area contributed by atoms with E-state index < -0.39 is 0 Å². The Kier molecular flexibility index (Phi) is 4.71. The van der Waals surface area contributed by atoms with Crippen LogP contribution in [0.2, 0.25) is 0 Å². The quantitative estimate of drug-likeness (QED) is 0.644. The summed E-state index contributed by atoms with van der Waals surface area (Å²) in [7, 11) is 0. The maximum absolute atomic E-state index is 12.8. The predicted molar refractivity (Wildman–Crippen MR) is 116 cm³/mol. The molecule has 1 N–H and O–H groups in total. The molecule has 0 radical (unpaired) electrons. The maximum atomic E-state index is 12.8. The number of anilines is 1. The lowest BCUT2D eigenvalue weighted by molar-refractivity contribution is -0.118. The van der Waals surface area contributed by atoms with Crippen LogP contribution in [0.15, 0.2) is 34.7 Å². The molecule has 1 spiro atoms. The number of likely N-dealkylation sites (tertiary alicyclic amines) is 1. The fraction of sp³-hybridized carbons (Fsp3) is 0.478. The van der Waals surface area contributed by atoms with Crippen molar-refractivity contribution in [1.29, 1.82) is 0 Å². The third-order valence-electron chi connectivity index (χ3n) is 6.57. The van der Waals surface area contributed by atoms with Crippen molar-refractivity contribution in [1.82, 2.24) is 9.88 Å². The van der Waals surface area contributed by atoms with Gasteiger partial charge in [-0.05, 0) is 75.0 Å². The summed E-state index contributed by atoms with van der Waals surface area (Å²) in [6.45, 7) is 7.07. The Morgan fingerprint density at radius 3 is 2.83 bits per heavy atom. The van der Waals surface area contributed by atoms with Crippen LogP contribution in [0.25, 0.3) is 10.2 Å². The highest BCUT2D eigenvalue weighted by molar-refractivity contribution is 7.18. The monoisotopic (exact) mass is 409 g/mol. The summed E-state index contributed by atoms with van der Waals surface area (Å²) in [5, 5.41) is 4.19. The third kappa shape index (κ3) is 3.71. The van der Waals surface area contributed by atoms with Gasteiger partial charge in [0.15, 0.2) is 0 Å². The minimum absolute atomic E-state index is 0.146. The van der Waals surface area contributed by atoms with Crippen LogP contribution in [0, 0.1) is 18.3 Å². The number of amides is 1. The molecule has 5 rings (SSSR count). The summed E-state index contributed by atoms with van der Waals surface area (Å²) in [5.41, 5.74) is 2.03. The highest BCUT2D eigenvalue weighted by Gasteiger charge is 2.58. The van der Waals surface area contributed by atoms with Gasteiger partial charge in [0.1, 0.15) is 11.5 Å². The Labute approximate surface area is 175 Å². The number of rotatable bonds is 5. The summed E-state index contributed by atoms with van der Waals surface area (Å²) in [6, 6.07) is 10.2. The third-order valence-corrected chi connectivity index (χ3v) is 7.52. The van der Waals surface area contributed by atoms with Crippen LogP contribution >= 0.6 is 11.3 Å². The predicted octanol–water partition coefficient (Wildman–Crippen LogP) is 5.00. The van der Waals surface area contributed by atoms with Gasteiger partial charge in [-0.1, -0.05) is 6.92 Å². The standard InChI is InChI=1S/C23H27N3O2S/c1-3-17-5-6-18(28-17)14-26-10-8-23(9-11-26)13-19(23)22(27)25-16-4-7-21-20(12-16)24-15(2)29-21/h4-7,12,19H,3,8-11,13-14H2,1-2H3,(H,25,27)/t19-/m0/s1. The molecule has 29 heavy (non-hydrogen) atoms. The first-order chi connectivity index (χ1) is 14.0. The molecular weight excluding hydrogens is 382 g/mol. The first kappa shape index (κ1) is 18.8. The molecule has 1 saturated carbocycles. The van der Waals surface area contributed by atoms with Crippen LogP contribution < -0.4 is 5.32 Å². The van der Waals surface area contributed by atoms with Crippen LogP contribution in [-0.2, 0) is 17.8 Å². The largest absolute Gasteiger partial charge is 0.465 e. The highest BCUT2D eigenvalue weighted by atomic mass is 32.1. The van der Waals surface area contributed by atoms with Gasteiger partial charge in [-0.3, -0.25) is 9.69 Å². The molecule has 3 heterocycles. The van der Waals surface area contributed by atoms with Crippen LogP contribution in [0.5, 0.6) is 0 Å². The first-order valence-electron chi connectivity index (χ1n) is 10.5. The van der Waals surface area contributed by atoms with Crippen molar-refractivity contribution in [2.24, 2.45) is 11.3 Å². The molecule has 5 nitrogen and oxygen atoms in total. The average Bonchev–Trinajstić information content (AvgIpc) is 3.03. The highest BCUT2D eigenvalue weighted by Crippen LogP contribution is 2.59. The number of piperidine rings is 1. The Bertz CT molecular complexity index is 1050. The number of fused-ring (bicyclic) bond motifs is 1. The van der Waals surface area contributed by atoms with Gasteiger partial charge in [0.05, 0.1) is 21.8 Å². The van der Waals surface area contributed by atoms with Crippen LogP contribution in [0.4, 0.5) is 5.69 Å². The van der Waals surface area contributed by atoms with E-state index in [2.05, 4.69) is 40.3 Å². The van der Waals surface area contributed by atoms with E-state index in [9.17, 15) is 4.79 Å². The maximum Gasteiger partial charge on any atom is 0.228 e. The molecule has 6 heteroatoms. The van der Waals surface area contributed by atoms with Gasteiger partial charge < -0.3 is 9.73 Å². The lowest BCUT2D eigenvalue weighted by Gasteiger charge is -2.32. The molecule has 1 aliphatic carbocycles. The minimum Gasteiger partial charge on any atom is -0.465 e. The van der Waals surface area contributed by atoms with Crippen molar-refractivity contribution in [2.75, 3.05) is 18.4 Å². The number of hydrogen-bond acceptors (Lipinski definition) is 5. The Morgan fingerprint density at radius 2 is 2.07 bits per heavy atom. The lowest BCUT2D eigenvalue weighted by atomic mass is 9.90. The molecule has 2 fully saturated rings. The van der Waals surface area contributed by atoms with Gasteiger partial charge in [-0.25, -0.2) is 4.98 Å². The van der Waals surface area contributed by atoms with E-state index in [0.29, 0.717) is 0 Å². The van der Waals surface area contributed by atoms with Gasteiger partial charge in [0.2, 0.25) is 5.91 Å². The summed E-state index contributed by atoms with van der Waals surface area (Å²) in [5.74, 6) is 2.42.